The van der Waals surface area contributed by atoms with Crippen LogP contribution < -0.4 is 23.8 Å². The SMILES string of the molecule is COC(=O)c1sc(N2C(=O)C(=O)/C(=C(/O)c3cccc(OC)c3)C2c2cc(OC)c(OC)c(OC)c2)nc1C. The van der Waals surface area contributed by atoms with E-state index in [2.05, 4.69) is 4.98 Å². The number of aliphatic hydroxyl groups excluding tert-OH is 1. The normalized spacial score (nSPS) is 16.3. The van der Waals surface area contributed by atoms with E-state index in [4.69, 9.17) is 23.7 Å². The van der Waals surface area contributed by atoms with Gasteiger partial charge in [0, 0.05) is 5.56 Å². The lowest BCUT2D eigenvalue weighted by molar-refractivity contribution is -0.132. The lowest BCUT2D eigenvalue weighted by Gasteiger charge is -2.24. The van der Waals surface area contributed by atoms with Crippen molar-refractivity contribution in [3.63, 3.8) is 0 Å². The maximum absolute atomic E-state index is 13.5. The number of benzene rings is 2. The van der Waals surface area contributed by atoms with E-state index in [0.29, 0.717) is 22.8 Å². The van der Waals surface area contributed by atoms with Gasteiger partial charge in [-0.1, -0.05) is 23.5 Å². The second-order valence-corrected chi connectivity index (χ2v) is 9.24. The van der Waals surface area contributed by atoms with Crippen LogP contribution in [-0.4, -0.2) is 63.3 Å². The van der Waals surface area contributed by atoms with Crippen LogP contribution >= 0.6 is 11.3 Å². The van der Waals surface area contributed by atoms with E-state index < -0.39 is 29.5 Å². The largest absolute Gasteiger partial charge is 0.507 e. The molecule has 11 nitrogen and oxygen atoms in total. The summed E-state index contributed by atoms with van der Waals surface area (Å²) in [5, 5.41) is 11.5. The van der Waals surface area contributed by atoms with Gasteiger partial charge in [-0.25, -0.2) is 9.78 Å². The van der Waals surface area contributed by atoms with Crippen LogP contribution in [0.15, 0.2) is 42.0 Å². The molecule has 2 aromatic carbocycles. The molecular formula is C27H26N2O9S. The molecule has 3 aromatic rings. The topological polar surface area (TPSA) is 134 Å². The summed E-state index contributed by atoms with van der Waals surface area (Å²) in [7, 11) is 7.01. The van der Waals surface area contributed by atoms with Gasteiger partial charge in [-0.2, -0.15) is 0 Å². The quantitative estimate of drug-likeness (QED) is 0.189. The summed E-state index contributed by atoms with van der Waals surface area (Å²) < 4.78 is 26.5. The van der Waals surface area contributed by atoms with Crippen LogP contribution in [-0.2, 0) is 14.3 Å². The predicted octanol–water partition coefficient (Wildman–Crippen LogP) is 3.90. The molecule has 1 unspecified atom stereocenters. The third-order valence-electron chi connectivity index (χ3n) is 6.15. The van der Waals surface area contributed by atoms with Gasteiger partial charge in [-0.15, -0.1) is 0 Å². The van der Waals surface area contributed by atoms with Gasteiger partial charge < -0.3 is 28.8 Å². The van der Waals surface area contributed by atoms with Gasteiger partial charge in [0.15, 0.2) is 16.6 Å². The number of aryl methyl sites for hydroxylation is 1. The van der Waals surface area contributed by atoms with Crippen molar-refractivity contribution >= 4 is 39.9 Å². The highest BCUT2D eigenvalue weighted by molar-refractivity contribution is 7.17. The monoisotopic (exact) mass is 554 g/mol. The number of hydrogen-bond acceptors (Lipinski definition) is 11. The number of rotatable bonds is 8. The number of hydrogen-bond donors (Lipinski definition) is 1. The molecule has 39 heavy (non-hydrogen) atoms. The van der Waals surface area contributed by atoms with E-state index in [1.807, 2.05) is 0 Å². The summed E-state index contributed by atoms with van der Waals surface area (Å²) in [5.74, 6) is -1.66. The third-order valence-corrected chi connectivity index (χ3v) is 7.29. The summed E-state index contributed by atoms with van der Waals surface area (Å²) in [6.45, 7) is 1.59. The van der Waals surface area contributed by atoms with Gasteiger partial charge in [0.1, 0.15) is 16.4 Å². The van der Waals surface area contributed by atoms with Gasteiger partial charge in [0.05, 0.1) is 52.9 Å². The molecule has 1 aromatic heterocycles. The maximum atomic E-state index is 13.5. The number of ether oxygens (including phenoxy) is 5. The first-order valence-electron chi connectivity index (χ1n) is 11.5. The number of esters is 1. The number of anilines is 1. The van der Waals surface area contributed by atoms with Crippen molar-refractivity contribution in [2.75, 3.05) is 40.4 Å². The minimum atomic E-state index is -1.17. The summed E-state index contributed by atoms with van der Waals surface area (Å²) in [6, 6.07) is 8.43. The van der Waals surface area contributed by atoms with Gasteiger partial charge in [-0.05, 0) is 36.8 Å². The number of ketones is 1. The lowest BCUT2D eigenvalue weighted by atomic mass is 9.94. The summed E-state index contributed by atoms with van der Waals surface area (Å²) in [5.41, 5.74) is 0.742. The highest BCUT2D eigenvalue weighted by atomic mass is 32.1. The van der Waals surface area contributed by atoms with Gasteiger partial charge in [-0.3, -0.25) is 14.5 Å². The van der Waals surface area contributed by atoms with Crippen molar-refractivity contribution < 1.29 is 43.2 Å². The molecule has 1 amide bonds. The number of thiazole rings is 1. The van der Waals surface area contributed by atoms with Crippen LogP contribution in [0, 0.1) is 6.92 Å². The van der Waals surface area contributed by atoms with Crippen LogP contribution in [0.3, 0.4) is 0 Å². The Labute approximate surface area is 228 Å². The number of amides is 1. The van der Waals surface area contributed by atoms with Crippen molar-refractivity contribution in [2.45, 2.75) is 13.0 Å². The van der Waals surface area contributed by atoms with Crippen LogP contribution in [0.2, 0.25) is 0 Å². The second-order valence-electron chi connectivity index (χ2n) is 8.26. The molecule has 2 heterocycles. The number of aliphatic hydroxyl groups is 1. The van der Waals surface area contributed by atoms with E-state index in [0.717, 1.165) is 16.2 Å². The van der Waals surface area contributed by atoms with Crippen molar-refractivity contribution in [3.8, 4) is 23.0 Å². The Kier molecular flexibility index (Phi) is 7.77. The third kappa shape index (κ3) is 4.74. The zero-order chi connectivity index (χ0) is 28.4. The van der Waals surface area contributed by atoms with Crippen LogP contribution in [0.4, 0.5) is 5.13 Å². The van der Waals surface area contributed by atoms with E-state index in [1.54, 1.807) is 37.3 Å². The van der Waals surface area contributed by atoms with Crippen molar-refractivity contribution in [2.24, 2.45) is 0 Å². The van der Waals surface area contributed by atoms with Crippen LogP contribution in [0.1, 0.15) is 32.5 Å². The Balaban J connectivity index is 2.02. The molecule has 1 N–H and O–H groups in total. The summed E-state index contributed by atoms with van der Waals surface area (Å²) in [4.78, 5) is 45.0. The average molecular weight is 555 g/mol. The van der Waals surface area contributed by atoms with Gasteiger partial charge in [0.2, 0.25) is 5.75 Å². The molecule has 0 bridgehead atoms. The molecule has 0 aliphatic carbocycles. The molecule has 1 aliphatic rings. The molecule has 0 saturated carbocycles. The first kappa shape index (κ1) is 27.5. The zero-order valence-corrected chi connectivity index (χ0v) is 22.9. The number of Topliss-reactive ketones (excluding diaryl/α,β-unsaturated/α-hetero) is 1. The predicted molar refractivity (Wildman–Crippen MR) is 142 cm³/mol. The first-order chi connectivity index (χ1) is 18.7. The molecule has 1 aliphatic heterocycles. The fourth-order valence-electron chi connectivity index (χ4n) is 4.30. The van der Waals surface area contributed by atoms with Crippen molar-refractivity contribution in [1.29, 1.82) is 0 Å². The number of carbonyl (C=O) groups excluding carboxylic acids is 3. The molecule has 204 valence electrons. The average Bonchev–Trinajstić information content (AvgIpc) is 3.47. The lowest BCUT2D eigenvalue weighted by Crippen LogP contribution is -2.29. The summed E-state index contributed by atoms with van der Waals surface area (Å²) >= 11 is 0.893. The van der Waals surface area contributed by atoms with E-state index >= 15 is 0 Å². The summed E-state index contributed by atoms with van der Waals surface area (Å²) in [6.07, 6.45) is 0. The standard InChI is InChI=1S/C27H26N2O9S/c1-13-24(26(33)38-6)39-27(28-13)29-20(15-11-17(35-3)23(37-5)18(12-15)36-4)19(22(31)25(29)32)21(30)14-8-7-9-16(10-14)34-2/h7-12,20,30H,1-6H3/b21-19+. The Hall–Kier alpha value is -4.58. The smallest absolute Gasteiger partial charge is 0.350 e. The van der Waals surface area contributed by atoms with Crippen molar-refractivity contribution in [3.05, 3.63) is 63.7 Å². The molecule has 1 saturated heterocycles. The Morgan fingerprint density at radius 2 is 1.64 bits per heavy atom. The Morgan fingerprint density at radius 3 is 2.21 bits per heavy atom. The minimum absolute atomic E-state index is 0.0680. The fraction of sp³-hybridized carbons (Fsp3) is 0.259. The van der Waals surface area contributed by atoms with Crippen LogP contribution in [0.5, 0.6) is 23.0 Å². The molecular weight excluding hydrogens is 528 g/mol. The van der Waals surface area contributed by atoms with E-state index in [-0.39, 0.29) is 32.6 Å². The Morgan fingerprint density at radius 1 is 0.974 bits per heavy atom. The number of aromatic nitrogens is 1. The highest BCUT2D eigenvalue weighted by Crippen LogP contribution is 2.48. The fourth-order valence-corrected chi connectivity index (χ4v) is 5.31. The molecule has 4 rings (SSSR count). The van der Waals surface area contributed by atoms with Crippen molar-refractivity contribution in [1.82, 2.24) is 4.98 Å². The maximum Gasteiger partial charge on any atom is 0.350 e. The van der Waals surface area contributed by atoms with E-state index in [1.165, 1.54) is 41.6 Å². The molecule has 1 fully saturated rings. The molecule has 0 spiro atoms. The number of nitrogens with zero attached hydrogens (tertiary/aromatic N) is 2. The second kappa shape index (κ2) is 11.0. The first-order valence-corrected chi connectivity index (χ1v) is 12.3. The van der Waals surface area contributed by atoms with Gasteiger partial charge in [0.25, 0.3) is 5.78 Å². The number of carbonyl (C=O) groups is 3. The molecule has 0 radical (unpaired) electrons. The minimum Gasteiger partial charge on any atom is -0.507 e. The van der Waals surface area contributed by atoms with E-state index in [9.17, 15) is 19.5 Å². The molecule has 12 heteroatoms. The van der Waals surface area contributed by atoms with Gasteiger partial charge >= 0.3 is 11.9 Å². The Bertz CT molecular complexity index is 1470. The zero-order valence-electron chi connectivity index (χ0n) is 22.1. The highest BCUT2D eigenvalue weighted by Gasteiger charge is 2.49. The molecule has 1 atom stereocenters. The van der Waals surface area contributed by atoms with Crippen LogP contribution in [0.25, 0.3) is 5.76 Å². The number of methoxy groups -OCH3 is 5.